The van der Waals surface area contributed by atoms with Crippen LogP contribution in [0.3, 0.4) is 0 Å². The van der Waals surface area contributed by atoms with Crippen LogP contribution in [0.25, 0.3) is 0 Å². The summed E-state index contributed by atoms with van der Waals surface area (Å²) >= 11 is 0. The molecule has 2 saturated heterocycles. The molecule has 0 bridgehead atoms. The molecule has 17 heavy (non-hydrogen) atoms. The molecule has 1 spiro atoms. The second-order valence-electron chi connectivity index (χ2n) is 4.51. The molecule has 0 radical (unpaired) electrons. The van der Waals surface area contributed by atoms with Crippen LogP contribution in [-0.2, 0) is 4.79 Å². The number of hydrogen-bond acceptors (Lipinski definition) is 4. The Labute approximate surface area is 100.0 Å². The number of carbonyl (C=O) groups is 2. The summed E-state index contributed by atoms with van der Waals surface area (Å²) in [4.78, 5) is 25.2. The topological polar surface area (TPSA) is 85.2 Å². The summed E-state index contributed by atoms with van der Waals surface area (Å²) in [6.45, 7) is 1.73. The number of nitriles is 1. The van der Waals surface area contributed by atoms with Gasteiger partial charge in [0.1, 0.15) is 5.54 Å². The van der Waals surface area contributed by atoms with Gasteiger partial charge in [0, 0.05) is 19.5 Å². The first kappa shape index (κ1) is 11.9. The van der Waals surface area contributed by atoms with Gasteiger partial charge in [0.15, 0.2) is 0 Å². The predicted octanol–water partition coefficient (Wildman–Crippen LogP) is -0.0358. The largest absolute Gasteiger partial charge is 0.325 e. The van der Waals surface area contributed by atoms with E-state index in [0.717, 1.165) is 13.0 Å². The van der Waals surface area contributed by atoms with Crippen LogP contribution >= 0.6 is 0 Å². The fourth-order valence-electron chi connectivity index (χ4n) is 2.39. The van der Waals surface area contributed by atoms with Gasteiger partial charge in [-0.15, -0.1) is 0 Å². The van der Waals surface area contributed by atoms with Crippen LogP contribution in [0.1, 0.15) is 25.7 Å². The quantitative estimate of drug-likeness (QED) is 0.532. The summed E-state index contributed by atoms with van der Waals surface area (Å²) in [6, 6.07) is 1.69. The van der Waals surface area contributed by atoms with Gasteiger partial charge in [0.05, 0.1) is 6.07 Å². The molecule has 2 aliphatic heterocycles. The molecule has 2 aliphatic rings. The Kier molecular flexibility index (Phi) is 3.29. The van der Waals surface area contributed by atoms with Crippen LogP contribution < -0.4 is 10.6 Å². The zero-order chi connectivity index (χ0) is 12.3. The molecule has 0 aromatic heterocycles. The van der Waals surface area contributed by atoms with Crippen molar-refractivity contribution in [1.29, 1.82) is 5.26 Å². The number of imide groups is 1. The Balaban J connectivity index is 2.03. The van der Waals surface area contributed by atoms with Crippen molar-refractivity contribution in [2.75, 3.05) is 19.6 Å². The number of urea groups is 1. The second kappa shape index (κ2) is 4.72. The molecule has 1 unspecified atom stereocenters. The van der Waals surface area contributed by atoms with Crippen molar-refractivity contribution >= 4 is 11.9 Å². The van der Waals surface area contributed by atoms with E-state index in [-0.39, 0.29) is 11.9 Å². The van der Waals surface area contributed by atoms with Crippen molar-refractivity contribution in [1.82, 2.24) is 15.5 Å². The molecule has 0 saturated carbocycles. The number of rotatable bonds is 3. The van der Waals surface area contributed by atoms with Gasteiger partial charge in [0.2, 0.25) is 0 Å². The normalized spacial score (nSPS) is 28.3. The third kappa shape index (κ3) is 2.11. The van der Waals surface area contributed by atoms with E-state index in [1.807, 2.05) is 6.07 Å². The standard InChI is InChI=1S/C11H16N4O2/c12-5-1-2-7-15-9(16)11(14-10(15)17)4-3-6-13-8-11/h13H,1-4,6-8H2,(H,14,17). The minimum atomic E-state index is -0.734. The predicted molar refractivity (Wildman–Crippen MR) is 59.9 cm³/mol. The second-order valence-corrected chi connectivity index (χ2v) is 4.51. The zero-order valence-corrected chi connectivity index (χ0v) is 9.66. The summed E-state index contributed by atoms with van der Waals surface area (Å²) in [5.41, 5.74) is -0.734. The maximum absolute atomic E-state index is 12.2. The highest BCUT2D eigenvalue weighted by Gasteiger charge is 2.51. The van der Waals surface area contributed by atoms with E-state index >= 15 is 0 Å². The smallest absolute Gasteiger partial charge is 0.322 e. The fourth-order valence-corrected chi connectivity index (χ4v) is 2.39. The molecule has 6 heteroatoms. The van der Waals surface area contributed by atoms with Gasteiger partial charge in [-0.05, 0) is 25.8 Å². The van der Waals surface area contributed by atoms with E-state index in [0.29, 0.717) is 32.4 Å². The van der Waals surface area contributed by atoms with Crippen molar-refractivity contribution in [3.63, 3.8) is 0 Å². The Morgan fingerprint density at radius 3 is 2.94 bits per heavy atom. The Hall–Kier alpha value is -1.61. The Bertz CT molecular complexity index is 368. The van der Waals surface area contributed by atoms with Crippen molar-refractivity contribution in [3.05, 3.63) is 0 Å². The van der Waals surface area contributed by atoms with Crippen LogP contribution in [0.15, 0.2) is 0 Å². The molecule has 6 nitrogen and oxygen atoms in total. The van der Waals surface area contributed by atoms with Gasteiger partial charge in [0.25, 0.3) is 5.91 Å². The third-order valence-corrected chi connectivity index (χ3v) is 3.30. The van der Waals surface area contributed by atoms with Gasteiger partial charge in [-0.1, -0.05) is 0 Å². The Morgan fingerprint density at radius 1 is 1.47 bits per heavy atom. The highest BCUT2D eigenvalue weighted by atomic mass is 16.2. The summed E-state index contributed by atoms with van der Waals surface area (Å²) in [5, 5.41) is 14.4. The molecule has 0 aromatic rings. The molecular weight excluding hydrogens is 220 g/mol. The monoisotopic (exact) mass is 236 g/mol. The van der Waals surface area contributed by atoms with Gasteiger partial charge < -0.3 is 10.6 Å². The molecule has 2 heterocycles. The van der Waals surface area contributed by atoms with Gasteiger partial charge >= 0.3 is 6.03 Å². The van der Waals surface area contributed by atoms with Crippen LogP contribution in [0.4, 0.5) is 4.79 Å². The first-order chi connectivity index (χ1) is 8.19. The van der Waals surface area contributed by atoms with Gasteiger partial charge in [-0.25, -0.2) is 4.79 Å². The molecule has 0 aromatic carbocycles. The molecular formula is C11H16N4O2. The summed E-state index contributed by atoms with van der Waals surface area (Å²) in [5.74, 6) is -0.146. The maximum Gasteiger partial charge on any atom is 0.325 e. The zero-order valence-electron chi connectivity index (χ0n) is 9.66. The minimum Gasteiger partial charge on any atom is -0.322 e. The lowest BCUT2D eigenvalue weighted by atomic mass is 9.90. The average molecular weight is 236 g/mol. The van der Waals surface area contributed by atoms with Crippen LogP contribution in [0.2, 0.25) is 0 Å². The fraction of sp³-hybridized carbons (Fsp3) is 0.727. The number of nitrogens with one attached hydrogen (secondary N) is 2. The first-order valence-electron chi connectivity index (χ1n) is 5.91. The summed E-state index contributed by atoms with van der Waals surface area (Å²) < 4.78 is 0. The number of unbranched alkanes of at least 4 members (excludes halogenated alkanes) is 1. The van der Waals surface area contributed by atoms with E-state index in [2.05, 4.69) is 10.6 Å². The van der Waals surface area contributed by atoms with E-state index < -0.39 is 5.54 Å². The van der Waals surface area contributed by atoms with Gasteiger partial charge in [-0.2, -0.15) is 5.26 Å². The van der Waals surface area contributed by atoms with E-state index in [4.69, 9.17) is 5.26 Å². The van der Waals surface area contributed by atoms with E-state index in [1.165, 1.54) is 4.90 Å². The lowest BCUT2D eigenvalue weighted by molar-refractivity contribution is -0.131. The molecule has 3 amide bonds. The highest BCUT2D eigenvalue weighted by molar-refractivity contribution is 6.07. The van der Waals surface area contributed by atoms with Crippen molar-refractivity contribution in [3.8, 4) is 6.07 Å². The van der Waals surface area contributed by atoms with Gasteiger partial charge in [-0.3, -0.25) is 9.69 Å². The molecule has 92 valence electrons. The maximum atomic E-state index is 12.2. The van der Waals surface area contributed by atoms with Crippen LogP contribution in [0.5, 0.6) is 0 Å². The molecule has 2 fully saturated rings. The van der Waals surface area contributed by atoms with E-state index in [1.54, 1.807) is 0 Å². The molecule has 2 rings (SSSR count). The lowest BCUT2D eigenvalue weighted by Crippen LogP contribution is -2.57. The molecule has 0 aliphatic carbocycles. The lowest BCUT2D eigenvalue weighted by Gasteiger charge is -2.31. The highest BCUT2D eigenvalue weighted by Crippen LogP contribution is 2.25. The summed E-state index contributed by atoms with van der Waals surface area (Å²) in [6.07, 6.45) is 2.48. The number of nitrogens with zero attached hydrogens (tertiary/aromatic N) is 2. The number of carbonyl (C=O) groups excluding carboxylic acids is 2. The van der Waals surface area contributed by atoms with Crippen molar-refractivity contribution < 1.29 is 9.59 Å². The number of amides is 3. The average Bonchev–Trinajstić information content (AvgIpc) is 2.55. The molecule has 1 atom stereocenters. The first-order valence-corrected chi connectivity index (χ1v) is 5.91. The third-order valence-electron chi connectivity index (χ3n) is 3.30. The van der Waals surface area contributed by atoms with Crippen molar-refractivity contribution in [2.24, 2.45) is 0 Å². The SMILES string of the molecule is N#CCCCN1C(=O)NC2(CCCNC2)C1=O. The Morgan fingerprint density at radius 2 is 2.29 bits per heavy atom. The number of piperidine rings is 1. The number of hydrogen-bond donors (Lipinski definition) is 2. The van der Waals surface area contributed by atoms with Crippen LogP contribution in [-0.4, -0.2) is 42.0 Å². The van der Waals surface area contributed by atoms with Crippen molar-refractivity contribution in [2.45, 2.75) is 31.2 Å². The molecule has 2 N–H and O–H groups in total. The van der Waals surface area contributed by atoms with Crippen LogP contribution in [0, 0.1) is 11.3 Å². The van der Waals surface area contributed by atoms with E-state index in [9.17, 15) is 9.59 Å². The summed E-state index contributed by atoms with van der Waals surface area (Å²) in [7, 11) is 0. The minimum absolute atomic E-state index is 0.146.